The molecule has 1 aliphatic rings. The van der Waals surface area contributed by atoms with Crippen LogP contribution in [0.25, 0.3) is 22.4 Å². The van der Waals surface area contributed by atoms with E-state index < -0.39 is 0 Å². The minimum absolute atomic E-state index is 0. The van der Waals surface area contributed by atoms with Crippen molar-refractivity contribution < 1.29 is 6.22 Å². The Morgan fingerprint density at radius 1 is 1.48 bits per heavy atom. The molecule has 8 heteroatoms. The lowest BCUT2D eigenvalue weighted by Crippen LogP contribution is -2.44. The number of likely N-dealkylation sites (N-methyl/N-ethyl adjacent to an activating group) is 1. The van der Waals surface area contributed by atoms with E-state index in [9.17, 15) is 4.79 Å². The van der Waals surface area contributed by atoms with E-state index in [0.717, 1.165) is 41.8 Å². The SMILES string of the molecule is CCN(C)C(=O)[C@H]1CCCN1c1ccnc(-c2c[nH]c3ncc(Cl)cc23)n1.[HH]. The number of amides is 1. The molecule has 0 radical (unpaired) electrons. The summed E-state index contributed by atoms with van der Waals surface area (Å²) in [4.78, 5) is 33.1. The lowest BCUT2D eigenvalue weighted by Gasteiger charge is -2.28. The van der Waals surface area contributed by atoms with E-state index in [1.807, 2.05) is 32.3 Å². The van der Waals surface area contributed by atoms with Gasteiger partial charge in [-0.1, -0.05) is 11.6 Å². The number of fused-ring (bicyclic) bond motifs is 1. The van der Waals surface area contributed by atoms with Gasteiger partial charge >= 0.3 is 0 Å². The first-order valence-corrected chi connectivity index (χ1v) is 9.44. The smallest absolute Gasteiger partial charge is 0.245 e. The molecule has 4 heterocycles. The standard InChI is InChI=1S/C19H21ClN6O.H2/c1-3-25(2)19(27)15-5-4-8-26(15)16-6-7-21-18(24-16)14-11-23-17-13(14)9-12(20)10-22-17;/h6-7,9-11,15H,3-5,8H2,1-2H3,(H,22,23);1H/t15-;/m1./s1. The number of aromatic amines is 1. The van der Waals surface area contributed by atoms with E-state index in [-0.39, 0.29) is 13.4 Å². The van der Waals surface area contributed by atoms with Crippen molar-refractivity contribution in [3.8, 4) is 11.4 Å². The number of nitrogens with one attached hydrogen (secondary N) is 1. The van der Waals surface area contributed by atoms with Crippen LogP contribution in [-0.4, -0.2) is 56.9 Å². The summed E-state index contributed by atoms with van der Waals surface area (Å²) in [7, 11) is 1.84. The van der Waals surface area contributed by atoms with Crippen LogP contribution in [0.5, 0.6) is 0 Å². The summed E-state index contributed by atoms with van der Waals surface area (Å²) >= 11 is 6.10. The van der Waals surface area contributed by atoms with Gasteiger partial charge < -0.3 is 14.8 Å². The molecule has 3 aromatic rings. The van der Waals surface area contributed by atoms with Crippen LogP contribution in [-0.2, 0) is 4.79 Å². The predicted octanol–water partition coefficient (Wildman–Crippen LogP) is 3.37. The van der Waals surface area contributed by atoms with Crippen molar-refractivity contribution in [2.24, 2.45) is 0 Å². The van der Waals surface area contributed by atoms with Crippen molar-refractivity contribution >= 4 is 34.4 Å². The highest BCUT2D eigenvalue weighted by Gasteiger charge is 2.33. The molecule has 1 atom stereocenters. The molecule has 1 N–H and O–H groups in total. The number of hydrogen-bond donors (Lipinski definition) is 1. The summed E-state index contributed by atoms with van der Waals surface area (Å²) in [6.07, 6.45) is 6.99. The van der Waals surface area contributed by atoms with E-state index in [1.54, 1.807) is 17.3 Å². The van der Waals surface area contributed by atoms with Gasteiger partial charge in [0.1, 0.15) is 17.5 Å². The average Bonchev–Trinajstić information content (AvgIpc) is 3.33. The first kappa shape index (κ1) is 17.7. The predicted molar refractivity (Wildman–Crippen MR) is 108 cm³/mol. The number of carbonyl (C=O) groups is 1. The number of hydrogen-bond acceptors (Lipinski definition) is 5. The number of halogens is 1. The molecule has 0 bridgehead atoms. The molecule has 0 spiro atoms. The van der Waals surface area contributed by atoms with E-state index >= 15 is 0 Å². The van der Waals surface area contributed by atoms with E-state index in [1.165, 1.54) is 0 Å². The fourth-order valence-electron chi connectivity index (χ4n) is 3.51. The molecule has 1 amide bonds. The van der Waals surface area contributed by atoms with Gasteiger partial charge in [0.2, 0.25) is 5.91 Å². The summed E-state index contributed by atoms with van der Waals surface area (Å²) in [5, 5.41) is 1.44. The molecular formula is C19H23ClN6O. The van der Waals surface area contributed by atoms with Gasteiger partial charge in [-0.05, 0) is 31.9 Å². The Labute approximate surface area is 163 Å². The molecule has 1 aliphatic heterocycles. The van der Waals surface area contributed by atoms with Crippen LogP contribution in [0.4, 0.5) is 5.82 Å². The Morgan fingerprint density at radius 2 is 2.33 bits per heavy atom. The van der Waals surface area contributed by atoms with E-state index in [4.69, 9.17) is 16.6 Å². The van der Waals surface area contributed by atoms with Gasteiger partial charge in [0.25, 0.3) is 0 Å². The van der Waals surface area contributed by atoms with Crippen LogP contribution in [0.15, 0.2) is 30.7 Å². The van der Waals surface area contributed by atoms with Crippen molar-refractivity contribution in [3.05, 3.63) is 35.7 Å². The molecule has 0 saturated carbocycles. The molecule has 0 aliphatic carbocycles. The maximum absolute atomic E-state index is 12.7. The fraction of sp³-hybridized carbons (Fsp3) is 0.368. The Kier molecular flexibility index (Phi) is 4.70. The lowest BCUT2D eigenvalue weighted by atomic mass is 10.2. The molecule has 142 valence electrons. The number of nitrogens with zero attached hydrogens (tertiary/aromatic N) is 5. The third-order valence-corrected chi connectivity index (χ3v) is 5.27. The molecule has 0 aromatic carbocycles. The maximum Gasteiger partial charge on any atom is 0.245 e. The van der Waals surface area contributed by atoms with Crippen LogP contribution in [0.3, 0.4) is 0 Å². The fourth-order valence-corrected chi connectivity index (χ4v) is 3.67. The number of carbonyl (C=O) groups excluding carboxylic acids is 1. The Hall–Kier alpha value is -2.67. The van der Waals surface area contributed by atoms with E-state index in [0.29, 0.717) is 17.4 Å². The monoisotopic (exact) mass is 386 g/mol. The first-order valence-electron chi connectivity index (χ1n) is 9.06. The Balaban J connectivity index is 0.00000225. The number of pyridine rings is 1. The topological polar surface area (TPSA) is 78.0 Å². The molecule has 27 heavy (non-hydrogen) atoms. The highest BCUT2D eigenvalue weighted by molar-refractivity contribution is 6.31. The molecule has 4 rings (SSSR count). The van der Waals surface area contributed by atoms with Crippen LogP contribution >= 0.6 is 11.6 Å². The summed E-state index contributed by atoms with van der Waals surface area (Å²) in [5.74, 6) is 1.49. The largest absolute Gasteiger partial charge is 0.345 e. The van der Waals surface area contributed by atoms with Crippen molar-refractivity contribution in [2.45, 2.75) is 25.8 Å². The van der Waals surface area contributed by atoms with Crippen LogP contribution in [0.1, 0.15) is 21.2 Å². The van der Waals surface area contributed by atoms with Crippen molar-refractivity contribution in [1.82, 2.24) is 24.8 Å². The second-order valence-electron chi connectivity index (χ2n) is 6.69. The third-order valence-electron chi connectivity index (χ3n) is 5.06. The van der Waals surface area contributed by atoms with Gasteiger partial charge in [0.15, 0.2) is 5.82 Å². The van der Waals surface area contributed by atoms with Crippen LogP contribution in [0, 0.1) is 0 Å². The summed E-state index contributed by atoms with van der Waals surface area (Å²) in [6.45, 7) is 3.49. The summed E-state index contributed by atoms with van der Waals surface area (Å²) in [6, 6.07) is 3.54. The zero-order valence-corrected chi connectivity index (χ0v) is 16.1. The minimum atomic E-state index is -0.170. The first-order chi connectivity index (χ1) is 13.1. The summed E-state index contributed by atoms with van der Waals surface area (Å²) < 4.78 is 0. The number of H-pyrrole nitrogens is 1. The molecule has 0 unspecified atom stereocenters. The van der Waals surface area contributed by atoms with Gasteiger partial charge in [0, 0.05) is 51.1 Å². The lowest BCUT2D eigenvalue weighted by molar-refractivity contribution is -0.130. The van der Waals surface area contributed by atoms with Crippen molar-refractivity contribution in [3.63, 3.8) is 0 Å². The Morgan fingerprint density at radius 3 is 3.15 bits per heavy atom. The van der Waals surface area contributed by atoms with Crippen LogP contribution < -0.4 is 4.90 Å². The second-order valence-corrected chi connectivity index (χ2v) is 7.13. The van der Waals surface area contributed by atoms with Crippen LogP contribution in [0.2, 0.25) is 5.02 Å². The quantitative estimate of drug-likeness (QED) is 0.743. The number of aromatic nitrogens is 4. The highest BCUT2D eigenvalue weighted by Crippen LogP contribution is 2.30. The molecule has 1 fully saturated rings. The van der Waals surface area contributed by atoms with Gasteiger partial charge in [0.05, 0.1) is 5.02 Å². The van der Waals surface area contributed by atoms with Gasteiger partial charge in [-0.2, -0.15) is 0 Å². The third kappa shape index (κ3) is 3.23. The average molecular weight is 387 g/mol. The molecule has 7 nitrogen and oxygen atoms in total. The van der Waals surface area contributed by atoms with Gasteiger partial charge in [-0.25, -0.2) is 15.0 Å². The number of rotatable bonds is 4. The second kappa shape index (κ2) is 7.15. The van der Waals surface area contributed by atoms with Gasteiger partial charge in [-0.15, -0.1) is 0 Å². The normalized spacial score (nSPS) is 16.9. The zero-order chi connectivity index (χ0) is 19.0. The summed E-state index contributed by atoms with van der Waals surface area (Å²) in [5.41, 5.74) is 1.58. The van der Waals surface area contributed by atoms with Gasteiger partial charge in [-0.3, -0.25) is 4.79 Å². The molecular weight excluding hydrogens is 364 g/mol. The van der Waals surface area contributed by atoms with Crippen molar-refractivity contribution in [1.29, 1.82) is 0 Å². The highest BCUT2D eigenvalue weighted by atomic mass is 35.5. The Bertz CT molecular complexity index is 993. The maximum atomic E-state index is 12.7. The number of anilines is 1. The molecule has 3 aromatic heterocycles. The minimum Gasteiger partial charge on any atom is -0.345 e. The van der Waals surface area contributed by atoms with E-state index in [2.05, 4.69) is 19.9 Å². The molecule has 1 saturated heterocycles. The zero-order valence-electron chi connectivity index (χ0n) is 15.3. The van der Waals surface area contributed by atoms with Crippen molar-refractivity contribution in [2.75, 3.05) is 25.0 Å².